The normalized spacial score (nSPS) is 11.5. The second kappa shape index (κ2) is 14.8. The summed E-state index contributed by atoms with van der Waals surface area (Å²) < 4.78 is 0. The van der Waals surface area contributed by atoms with Crippen LogP contribution in [0.15, 0.2) is 48.5 Å². The zero-order valence-corrected chi connectivity index (χ0v) is 17.8. The standard InChI is InChI=1S/C14H11NO3.C6H13NO2.C2H6B/c16-9-8-13(14(17)18)15-12-7-3-5-10-4-1-2-6-11(10)12;1-4(2)3-5(7)6(8)9;1-3-2/h1-8,13,15H,(H,17,18);4-5H,3,7H2,1-2H3,(H,8,9);1-2H3/t13-;5-;/m00./s1. The molecular formula is C22H30BN2O5. The molecule has 8 heteroatoms. The third-order valence-corrected chi connectivity index (χ3v) is 3.64. The van der Waals surface area contributed by atoms with E-state index in [4.69, 9.17) is 15.9 Å². The zero-order valence-electron chi connectivity index (χ0n) is 17.8. The molecule has 0 aromatic heterocycles. The lowest BCUT2D eigenvalue weighted by atomic mass is 9.88. The van der Waals surface area contributed by atoms with E-state index in [1.165, 1.54) is 5.94 Å². The van der Waals surface area contributed by atoms with Crippen LogP contribution in [0, 0.1) is 5.92 Å². The van der Waals surface area contributed by atoms with E-state index in [0.717, 1.165) is 16.8 Å². The first-order valence-corrected chi connectivity index (χ1v) is 9.58. The molecule has 2 rings (SSSR count). The molecule has 0 heterocycles. The highest BCUT2D eigenvalue weighted by atomic mass is 16.4. The van der Waals surface area contributed by atoms with Crippen LogP contribution in [0.5, 0.6) is 0 Å². The van der Waals surface area contributed by atoms with Gasteiger partial charge in [0.05, 0.1) is 0 Å². The number of anilines is 1. The summed E-state index contributed by atoms with van der Waals surface area (Å²) in [6.45, 7) is 7.89. The van der Waals surface area contributed by atoms with Crippen LogP contribution in [-0.2, 0) is 14.4 Å². The molecule has 0 spiro atoms. The molecule has 0 saturated heterocycles. The van der Waals surface area contributed by atoms with Gasteiger partial charge in [0.2, 0.25) is 0 Å². The third-order valence-electron chi connectivity index (χ3n) is 3.64. The molecule has 0 bridgehead atoms. The van der Waals surface area contributed by atoms with Crippen LogP contribution < -0.4 is 11.1 Å². The molecule has 7 nitrogen and oxygen atoms in total. The molecular weight excluding hydrogens is 383 g/mol. The number of carboxylic acids is 2. The van der Waals surface area contributed by atoms with Crippen molar-refractivity contribution in [3.63, 3.8) is 0 Å². The predicted octanol–water partition coefficient (Wildman–Crippen LogP) is 3.32. The van der Waals surface area contributed by atoms with Gasteiger partial charge in [0.25, 0.3) is 0 Å². The molecule has 0 saturated carbocycles. The summed E-state index contributed by atoms with van der Waals surface area (Å²) >= 11 is 0. The predicted molar refractivity (Wildman–Crippen MR) is 122 cm³/mol. The van der Waals surface area contributed by atoms with Crippen molar-refractivity contribution in [1.82, 2.24) is 0 Å². The van der Waals surface area contributed by atoms with Crippen molar-refractivity contribution in [3.8, 4) is 0 Å². The van der Waals surface area contributed by atoms with Gasteiger partial charge in [-0.1, -0.05) is 63.9 Å². The lowest BCUT2D eigenvalue weighted by Crippen LogP contribution is -2.31. The molecule has 0 fully saturated rings. The number of carboxylic acid groups (broad SMARTS) is 2. The molecule has 0 unspecified atom stereocenters. The van der Waals surface area contributed by atoms with E-state index >= 15 is 0 Å². The molecule has 5 N–H and O–H groups in total. The Labute approximate surface area is 178 Å². The fourth-order valence-corrected chi connectivity index (χ4v) is 2.37. The van der Waals surface area contributed by atoms with Gasteiger partial charge in [0.1, 0.15) is 19.3 Å². The minimum absolute atomic E-state index is 0.357. The Hall–Kier alpha value is -3.09. The number of nitrogens with two attached hydrogens (primary N) is 1. The van der Waals surface area contributed by atoms with E-state index in [2.05, 4.69) is 5.32 Å². The third kappa shape index (κ3) is 10.5. The minimum atomic E-state index is -1.12. The fraction of sp³-hybridized carbons (Fsp3) is 0.364. The van der Waals surface area contributed by atoms with Gasteiger partial charge in [0, 0.05) is 17.1 Å². The molecule has 2 aromatic rings. The van der Waals surface area contributed by atoms with Crippen molar-refractivity contribution < 1.29 is 24.6 Å². The summed E-state index contributed by atoms with van der Waals surface area (Å²) in [5.74, 6) is -0.176. The van der Waals surface area contributed by atoms with Gasteiger partial charge in [0.15, 0.2) is 6.04 Å². The molecule has 2 aromatic carbocycles. The Morgan fingerprint density at radius 1 is 1.10 bits per heavy atom. The van der Waals surface area contributed by atoms with Crippen LogP contribution >= 0.6 is 0 Å². The summed E-state index contributed by atoms with van der Waals surface area (Å²) in [5.41, 5.74) is 5.89. The number of nitrogens with one attached hydrogen (secondary N) is 1. The minimum Gasteiger partial charge on any atom is -0.480 e. The first-order valence-electron chi connectivity index (χ1n) is 9.58. The Morgan fingerprint density at radius 3 is 2.13 bits per heavy atom. The van der Waals surface area contributed by atoms with E-state index in [9.17, 15) is 14.4 Å². The van der Waals surface area contributed by atoms with Crippen molar-refractivity contribution >= 4 is 41.6 Å². The SMILES string of the molecule is CC(C)C[C@H](N)C(=O)O.C[B]C.O=C=C[C@H](Nc1cccc2ccccc12)C(=O)O. The van der Waals surface area contributed by atoms with Gasteiger partial charge in [-0.05, 0) is 23.8 Å². The van der Waals surface area contributed by atoms with Crippen LogP contribution in [0.4, 0.5) is 5.69 Å². The van der Waals surface area contributed by atoms with Crippen LogP contribution in [0.3, 0.4) is 0 Å². The monoisotopic (exact) mass is 413 g/mol. The summed E-state index contributed by atoms with van der Waals surface area (Å²) in [6.07, 6.45) is 1.50. The van der Waals surface area contributed by atoms with Gasteiger partial charge in [-0.3, -0.25) is 4.79 Å². The lowest BCUT2D eigenvalue weighted by Gasteiger charge is -2.13. The highest BCUT2D eigenvalue weighted by molar-refractivity contribution is 6.31. The maximum absolute atomic E-state index is 11.0. The van der Waals surface area contributed by atoms with E-state index in [-0.39, 0.29) is 0 Å². The van der Waals surface area contributed by atoms with Crippen LogP contribution in [-0.4, -0.2) is 47.5 Å². The summed E-state index contributed by atoms with van der Waals surface area (Å²) in [7, 11) is 2.00. The number of carbonyl (C=O) groups excluding carboxylic acids is 1. The van der Waals surface area contributed by atoms with E-state index in [0.29, 0.717) is 18.0 Å². The fourth-order valence-electron chi connectivity index (χ4n) is 2.37. The molecule has 161 valence electrons. The molecule has 2 atom stereocenters. The maximum Gasteiger partial charge on any atom is 0.330 e. The number of carbonyl (C=O) groups is 2. The van der Waals surface area contributed by atoms with Crippen molar-refractivity contribution in [3.05, 3.63) is 48.5 Å². The highest BCUT2D eigenvalue weighted by Gasteiger charge is 2.15. The van der Waals surface area contributed by atoms with Crippen LogP contribution in [0.1, 0.15) is 20.3 Å². The second-order valence-electron chi connectivity index (χ2n) is 6.92. The highest BCUT2D eigenvalue weighted by Crippen LogP contribution is 2.23. The molecule has 0 aliphatic heterocycles. The van der Waals surface area contributed by atoms with Crippen LogP contribution in [0.2, 0.25) is 13.6 Å². The van der Waals surface area contributed by atoms with Crippen molar-refractivity contribution in [2.45, 2.75) is 46.0 Å². The molecule has 0 amide bonds. The van der Waals surface area contributed by atoms with Gasteiger partial charge in [-0.25, -0.2) is 9.59 Å². The summed E-state index contributed by atoms with van der Waals surface area (Å²) in [4.78, 5) is 31.4. The largest absolute Gasteiger partial charge is 0.480 e. The number of rotatable bonds is 7. The summed E-state index contributed by atoms with van der Waals surface area (Å²) in [5, 5.41) is 22.0. The van der Waals surface area contributed by atoms with E-state index in [1.54, 1.807) is 6.07 Å². The Kier molecular flexibility index (Phi) is 13.3. The number of hydrogen-bond acceptors (Lipinski definition) is 5. The first kappa shape index (κ1) is 26.9. The number of aliphatic carboxylic acids is 2. The average molecular weight is 413 g/mol. The topological polar surface area (TPSA) is 130 Å². The van der Waals surface area contributed by atoms with E-state index < -0.39 is 24.0 Å². The van der Waals surface area contributed by atoms with E-state index in [1.807, 2.05) is 71.2 Å². The molecule has 0 aliphatic rings. The smallest absolute Gasteiger partial charge is 0.330 e. The van der Waals surface area contributed by atoms with Crippen molar-refractivity contribution in [1.29, 1.82) is 0 Å². The summed E-state index contributed by atoms with van der Waals surface area (Å²) in [6, 6.07) is 11.4. The van der Waals surface area contributed by atoms with Gasteiger partial charge < -0.3 is 21.3 Å². The maximum atomic E-state index is 11.0. The number of fused-ring (bicyclic) bond motifs is 1. The number of hydrogen-bond donors (Lipinski definition) is 4. The zero-order chi connectivity index (χ0) is 23.1. The molecule has 1 radical (unpaired) electrons. The lowest BCUT2D eigenvalue weighted by molar-refractivity contribution is -0.139. The van der Waals surface area contributed by atoms with Crippen molar-refractivity contribution in [2.24, 2.45) is 11.7 Å². The van der Waals surface area contributed by atoms with Crippen molar-refractivity contribution in [2.75, 3.05) is 5.32 Å². The van der Waals surface area contributed by atoms with Crippen LogP contribution in [0.25, 0.3) is 10.8 Å². The van der Waals surface area contributed by atoms with Gasteiger partial charge in [-0.2, -0.15) is 0 Å². The van der Waals surface area contributed by atoms with Gasteiger partial charge in [-0.15, -0.1) is 0 Å². The Balaban J connectivity index is 0.000000591. The molecule has 30 heavy (non-hydrogen) atoms. The Morgan fingerprint density at radius 2 is 1.67 bits per heavy atom. The first-order chi connectivity index (χ1) is 14.2. The number of benzene rings is 2. The molecule has 0 aliphatic carbocycles. The van der Waals surface area contributed by atoms with Gasteiger partial charge >= 0.3 is 11.9 Å². The second-order valence-corrected chi connectivity index (χ2v) is 6.92. The average Bonchev–Trinajstić information content (AvgIpc) is 2.68. The Bertz CT molecular complexity index is 843. The quantitative estimate of drug-likeness (QED) is 0.405.